The van der Waals surface area contributed by atoms with Gasteiger partial charge in [-0.2, -0.15) is 13.2 Å². The van der Waals surface area contributed by atoms with Crippen LogP contribution in [-0.4, -0.2) is 33.6 Å². The number of aromatic carboxylic acids is 1. The maximum Gasteiger partial charge on any atom is 0.433 e. The molecule has 5 nitrogen and oxygen atoms in total. The average Bonchev–Trinajstić information content (AvgIpc) is 2.66. The molecule has 9 heteroatoms. The largest absolute Gasteiger partial charge is 0.478 e. The molecule has 1 atom stereocenters. The number of nitrogens with zero attached hydrogens (tertiary/aromatic N) is 3. The van der Waals surface area contributed by atoms with Crippen molar-refractivity contribution in [3.63, 3.8) is 0 Å². The Balaban J connectivity index is 1.82. The lowest BCUT2D eigenvalue weighted by atomic mass is 10.0. The van der Waals surface area contributed by atoms with E-state index in [4.69, 9.17) is 5.11 Å². The number of carboxylic acids is 1. The molecule has 1 aliphatic rings. The van der Waals surface area contributed by atoms with Crippen molar-refractivity contribution in [3.8, 4) is 0 Å². The molecule has 1 aromatic carbocycles. The standard InChI is InChI=1S/C19H20F3N3O2S/c1-12-4-2-3-9-25(12)16-10-15(19(20,21)22)23-18(24-16)28-11-13-5-7-14(8-6-13)17(26)27/h5-8,10,12H,2-4,9,11H2,1H3,(H,26,27)/t12-/m0/s1. The van der Waals surface area contributed by atoms with Gasteiger partial charge in [-0.05, 0) is 43.9 Å². The van der Waals surface area contributed by atoms with Crippen molar-refractivity contribution in [3.05, 3.63) is 47.2 Å². The van der Waals surface area contributed by atoms with E-state index in [9.17, 15) is 18.0 Å². The fourth-order valence-corrected chi connectivity index (χ4v) is 3.91. The van der Waals surface area contributed by atoms with Gasteiger partial charge in [-0.15, -0.1) is 0 Å². The lowest BCUT2D eigenvalue weighted by Gasteiger charge is -2.34. The predicted octanol–water partition coefficient (Wildman–Crippen LogP) is 4.86. The second kappa shape index (κ2) is 8.38. The minimum Gasteiger partial charge on any atom is -0.478 e. The SMILES string of the molecule is C[C@H]1CCCCN1c1cc(C(F)(F)F)nc(SCc2ccc(C(=O)O)cc2)n1. The molecule has 3 rings (SSSR count). The summed E-state index contributed by atoms with van der Waals surface area (Å²) >= 11 is 1.10. The van der Waals surface area contributed by atoms with Crippen molar-refractivity contribution in [1.82, 2.24) is 9.97 Å². The number of hydrogen-bond donors (Lipinski definition) is 1. The quantitative estimate of drug-likeness (QED) is 0.560. The Morgan fingerprint density at radius 1 is 1.25 bits per heavy atom. The van der Waals surface area contributed by atoms with E-state index in [-0.39, 0.29) is 16.8 Å². The molecule has 2 aromatic rings. The highest BCUT2D eigenvalue weighted by molar-refractivity contribution is 7.98. The number of carboxylic acid groups (broad SMARTS) is 1. The van der Waals surface area contributed by atoms with Crippen LogP contribution in [0.25, 0.3) is 0 Å². The highest BCUT2D eigenvalue weighted by Crippen LogP contribution is 2.33. The van der Waals surface area contributed by atoms with E-state index >= 15 is 0 Å². The van der Waals surface area contributed by atoms with Crippen LogP contribution in [0.15, 0.2) is 35.5 Å². The number of alkyl halides is 3. The highest BCUT2D eigenvalue weighted by atomic mass is 32.2. The Bertz CT molecular complexity index is 843. The normalized spacial score (nSPS) is 17.6. The van der Waals surface area contributed by atoms with Gasteiger partial charge in [0.1, 0.15) is 5.82 Å². The van der Waals surface area contributed by atoms with Gasteiger partial charge in [-0.3, -0.25) is 0 Å². The highest BCUT2D eigenvalue weighted by Gasteiger charge is 2.35. The van der Waals surface area contributed by atoms with Crippen LogP contribution in [0.2, 0.25) is 0 Å². The van der Waals surface area contributed by atoms with E-state index in [0.29, 0.717) is 18.1 Å². The predicted molar refractivity (Wildman–Crippen MR) is 101 cm³/mol. The molecule has 0 aliphatic carbocycles. The fourth-order valence-electron chi connectivity index (χ4n) is 3.10. The number of carbonyl (C=O) groups is 1. The molecule has 0 amide bonds. The minimum absolute atomic E-state index is 0.0601. The number of anilines is 1. The molecule has 150 valence electrons. The van der Waals surface area contributed by atoms with Crippen LogP contribution >= 0.6 is 11.8 Å². The number of aromatic nitrogens is 2. The molecule has 0 saturated carbocycles. The molecule has 2 heterocycles. The van der Waals surface area contributed by atoms with E-state index in [1.165, 1.54) is 12.1 Å². The molecule has 0 bridgehead atoms. The summed E-state index contributed by atoms with van der Waals surface area (Å²) < 4.78 is 40.0. The molecule has 1 aliphatic heterocycles. The summed E-state index contributed by atoms with van der Waals surface area (Å²) in [6, 6.07) is 7.35. The molecule has 0 spiro atoms. The summed E-state index contributed by atoms with van der Waals surface area (Å²) in [6.07, 6.45) is -1.64. The summed E-state index contributed by atoms with van der Waals surface area (Å²) in [6.45, 7) is 2.67. The summed E-state index contributed by atoms with van der Waals surface area (Å²) in [5, 5.41) is 8.99. The Hall–Kier alpha value is -2.29. The van der Waals surface area contributed by atoms with Gasteiger partial charge >= 0.3 is 12.1 Å². The fraction of sp³-hybridized carbons (Fsp3) is 0.421. The van der Waals surface area contributed by atoms with Gasteiger partial charge in [0.05, 0.1) is 5.56 Å². The zero-order valence-electron chi connectivity index (χ0n) is 15.2. The third-order valence-electron chi connectivity index (χ3n) is 4.65. The Labute approximate surface area is 165 Å². The van der Waals surface area contributed by atoms with Gasteiger partial charge in [-0.25, -0.2) is 14.8 Å². The smallest absolute Gasteiger partial charge is 0.433 e. The first-order valence-corrected chi connectivity index (χ1v) is 9.90. The summed E-state index contributed by atoms with van der Waals surface area (Å²) in [5.74, 6) is -0.380. The lowest BCUT2D eigenvalue weighted by Crippen LogP contribution is -2.38. The number of benzene rings is 1. The number of halogens is 3. The van der Waals surface area contributed by atoms with Gasteiger partial charge in [0.2, 0.25) is 0 Å². The number of piperidine rings is 1. The van der Waals surface area contributed by atoms with E-state index in [1.807, 2.05) is 11.8 Å². The van der Waals surface area contributed by atoms with Gasteiger partial charge in [0.25, 0.3) is 0 Å². The number of thioether (sulfide) groups is 1. The Kier molecular flexibility index (Phi) is 6.12. The van der Waals surface area contributed by atoms with E-state index in [0.717, 1.165) is 42.7 Å². The molecule has 1 aromatic heterocycles. The van der Waals surface area contributed by atoms with Gasteiger partial charge in [0, 0.05) is 24.4 Å². The molecule has 0 radical (unpaired) electrons. The molecular formula is C19H20F3N3O2S. The third kappa shape index (κ3) is 4.95. The first-order valence-electron chi connectivity index (χ1n) is 8.92. The molecular weight excluding hydrogens is 391 g/mol. The maximum absolute atomic E-state index is 13.3. The summed E-state index contributed by atoms with van der Waals surface area (Å²) in [7, 11) is 0. The van der Waals surface area contributed by atoms with Crippen molar-refractivity contribution in [1.29, 1.82) is 0 Å². The zero-order valence-corrected chi connectivity index (χ0v) is 16.1. The second-order valence-electron chi connectivity index (χ2n) is 6.72. The zero-order chi connectivity index (χ0) is 20.3. The van der Waals surface area contributed by atoms with Crippen molar-refractivity contribution in [2.45, 2.75) is 49.3 Å². The minimum atomic E-state index is -4.55. The third-order valence-corrected chi connectivity index (χ3v) is 5.57. The van der Waals surface area contributed by atoms with Crippen molar-refractivity contribution >= 4 is 23.5 Å². The van der Waals surface area contributed by atoms with Gasteiger partial charge in [0.15, 0.2) is 10.9 Å². The van der Waals surface area contributed by atoms with Crippen LogP contribution in [0, 0.1) is 0 Å². The van der Waals surface area contributed by atoms with Crippen LogP contribution in [0.4, 0.5) is 19.0 Å². The van der Waals surface area contributed by atoms with Crippen LogP contribution in [0.5, 0.6) is 0 Å². The van der Waals surface area contributed by atoms with Crippen LogP contribution in [-0.2, 0) is 11.9 Å². The Morgan fingerprint density at radius 3 is 2.57 bits per heavy atom. The van der Waals surface area contributed by atoms with Crippen molar-refractivity contribution in [2.24, 2.45) is 0 Å². The monoisotopic (exact) mass is 411 g/mol. The topological polar surface area (TPSA) is 66.3 Å². The van der Waals surface area contributed by atoms with E-state index in [1.54, 1.807) is 12.1 Å². The number of hydrogen-bond acceptors (Lipinski definition) is 5. The van der Waals surface area contributed by atoms with E-state index in [2.05, 4.69) is 9.97 Å². The summed E-state index contributed by atoms with van der Waals surface area (Å²) in [4.78, 5) is 20.9. The van der Waals surface area contributed by atoms with Gasteiger partial charge < -0.3 is 10.0 Å². The van der Waals surface area contributed by atoms with E-state index < -0.39 is 17.8 Å². The average molecular weight is 411 g/mol. The van der Waals surface area contributed by atoms with Crippen molar-refractivity contribution < 1.29 is 23.1 Å². The maximum atomic E-state index is 13.3. The second-order valence-corrected chi connectivity index (χ2v) is 7.66. The molecule has 1 N–H and O–H groups in total. The van der Waals surface area contributed by atoms with Crippen molar-refractivity contribution in [2.75, 3.05) is 11.4 Å². The van der Waals surface area contributed by atoms with Crippen LogP contribution in [0.1, 0.15) is 47.8 Å². The molecule has 0 unspecified atom stereocenters. The summed E-state index contributed by atoms with van der Waals surface area (Å²) in [5.41, 5.74) is -0.00616. The lowest BCUT2D eigenvalue weighted by molar-refractivity contribution is -0.141. The molecule has 28 heavy (non-hydrogen) atoms. The van der Waals surface area contributed by atoms with Crippen LogP contribution < -0.4 is 4.90 Å². The molecule has 1 fully saturated rings. The van der Waals surface area contributed by atoms with Gasteiger partial charge in [-0.1, -0.05) is 23.9 Å². The number of rotatable bonds is 5. The Morgan fingerprint density at radius 2 is 1.96 bits per heavy atom. The van der Waals surface area contributed by atoms with Crippen LogP contribution in [0.3, 0.4) is 0 Å². The molecule has 1 saturated heterocycles. The first kappa shape index (κ1) is 20.4. The first-order chi connectivity index (χ1) is 13.2.